The van der Waals surface area contributed by atoms with Crippen LogP contribution in [0, 0.1) is 17.6 Å². The highest BCUT2D eigenvalue weighted by Crippen LogP contribution is 2.40. The molecule has 200 valence electrons. The molecule has 7 heteroatoms. The number of carbonyl (C=O) groups excluding carboxylic acids is 1. The Bertz CT molecular complexity index is 1410. The molecule has 5 nitrogen and oxygen atoms in total. The van der Waals surface area contributed by atoms with Crippen LogP contribution in [0.2, 0.25) is 0 Å². The minimum Gasteiger partial charge on any atom is -0.457 e. The number of carbonyl (C=O) groups is 1. The van der Waals surface area contributed by atoms with Crippen molar-refractivity contribution < 1.29 is 28.2 Å². The Labute approximate surface area is 226 Å². The van der Waals surface area contributed by atoms with Crippen molar-refractivity contribution in [3.63, 3.8) is 0 Å². The summed E-state index contributed by atoms with van der Waals surface area (Å²) in [5.41, 5.74) is -0.251. The summed E-state index contributed by atoms with van der Waals surface area (Å²) in [5.74, 6) is 0.517. The molecule has 0 radical (unpaired) electrons. The van der Waals surface area contributed by atoms with Gasteiger partial charge in [0.05, 0.1) is 5.92 Å². The summed E-state index contributed by atoms with van der Waals surface area (Å²) in [6.45, 7) is 3.90. The van der Waals surface area contributed by atoms with Gasteiger partial charge in [0, 0.05) is 18.7 Å². The largest absolute Gasteiger partial charge is 0.457 e. The highest BCUT2D eigenvalue weighted by molar-refractivity contribution is 5.99. The van der Waals surface area contributed by atoms with Crippen molar-refractivity contribution in [3.05, 3.63) is 120 Å². The molecular formula is C32H29F2NO4. The monoisotopic (exact) mass is 529 g/mol. The van der Waals surface area contributed by atoms with Crippen molar-refractivity contribution in [2.45, 2.75) is 18.9 Å². The standard InChI is InChI=1S/C32H29F2NO4/c1-2-35-20-19-32(37,23-5-13-27(14-6-23)39-29-17-9-25(34)10-18-29)30(21-35)31(36)22-3-11-26(12-4-22)38-28-15-7-24(33)8-16-28/h3-18,30,37H,2,19-21H2,1H3/t30-,32+/m0/s1. The predicted molar refractivity (Wildman–Crippen MR) is 144 cm³/mol. The Morgan fingerprint density at radius 1 is 0.795 bits per heavy atom. The third kappa shape index (κ3) is 6.00. The molecule has 0 amide bonds. The molecule has 1 saturated heterocycles. The second kappa shape index (κ2) is 11.4. The van der Waals surface area contributed by atoms with Gasteiger partial charge in [0.1, 0.15) is 40.2 Å². The second-order valence-electron chi connectivity index (χ2n) is 9.65. The number of hydrogen-bond acceptors (Lipinski definition) is 5. The van der Waals surface area contributed by atoms with Crippen LogP contribution in [0.1, 0.15) is 29.3 Å². The predicted octanol–water partition coefficient (Wildman–Crippen LogP) is 6.96. The quantitative estimate of drug-likeness (QED) is 0.250. The first kappa shape index (κ1) is 26.5. The number of halogens is 2. The molecule has 1 N–H and O–H groups in total. The number of rotatable bonds is 8. The van der Waals surface area contributed by atoms with Gasteiger partial charge in [-0.2, -0.15) is 0 Å². The maximum absolute atomic E-state index is 13.8. The number of nitrogens with zero attached hydrogens (tertiary/aromatic N) is 1. The summed E-state index contributed by atoms with van der Waals surface area (Å²) in [5, 5.41) is 11.9. The van der Waals surface area contributed by atoms with Crippen molar-refractivity contribution in [3.8, 4) is 23.0 Å². The number of hydrogen-bond donors (Lipinski definition) is 1. The Hall–Kier alpha value is -4.07. The average molecular weight is 530 g/mol. The normalized spacial score (nSPS) is 19.4. The summed E-state index contributed by atoms with van der Waals surface area (Å²) in [4.78, 5) is 15.9. The molecule has 5 rings (SSSR count). The molecule has 0 saturated carbocycles. The second-order valence-corrected chi connectivity index (χ2v) is 9.65. The van der Waals surface area contributed by atoms with Crippen LogP contribution in [-0.2, 0) is 5.60 Å². The van der Waals surface area contributed by atoms with E-state index in [1.807, 2.05) is 6.92 Å². The Morgan fingerprint density at radius 2 is 1.23 bits per heavy atom. The van der Waals surface area contributed by atoms with E-state index in [4.69, 9.17) is 9.47 Å². The van der Waals surface area contributed by atoms with Crippen LogP contribution >= 0.6 is 0 Å². The molecule has 4 aromatic rings. The highest BCUT2D eigenvalue weighted by atomic mass is 19.1. The van der Waals surface area contributed by atoms with Crippen molar-refractivity contribution in [2.75, 3.05) is 19.6 Å². The first-order valence-electron chi connectivity index (χ1n) is 12.9. The van der Waals surface area contributed by atoms with Crippen LogP contribution in [-0.4, -0.2) is 35.4 Å². The smallest absolute Gasteiger partial charge is 0.170 e. The van der Waals surface area contributed by atoms with Gasteiger partial charge in [-0.15, -0.1) is 0 Å². The Kier molecular flexibility index (Phi) is 7.72. The average Bonchev–Trinajstić information content (AvgIpc) is 2.96. The van der Waals surface area contributed by atoms with Crippen LogP contribution < -0.4 is 9.47 Å². The first-order chi connectivity index (χ1) is 18.8. The van der Waals surface area contributed by atoms with E-state index in [1.165, 1.54) is 36.4 Å². The van der Waals surface area contributed by atoms with E-state index in [1.54, 1.807) is 60.7 Å². The molecule has 1 aliphatic heterocycles. The number of likely N-dealkylation sites (tertiary alicyclic amines) is 1. The fourth-order valence-electron chi connectivity index (χ4n) is 4.91. The van der Waals surface area contributed by atoms with Crippen molar-refractivity contribution in [1.82, 2.24) is 4.90 Å². The molecule has 2 atom stereocenters. The van der Waals surface area contributed by atoms with Gasteiger partial charge < -0.3 is 19.5 Å². The third-order valence-electron chi connectivity index (χ3n) is 7.18. The molecule has 0 aliphatic carbocycles. The number of Topliss-reactive ketones (excluding diaryl/α,β-unsaturated/α-hetero) is 1. The summed E-state index contributed by atoms with van der Waals surface area (Å²) < 4.78 is 37.9. The lowest BCUT2D eigenvalue weighted by Crippen LogP contribution is -2.53. The molecule has 0 bridgehead atoms. The Balaban J connectivity index is 1.35. The van der Waals surface area contributed by atoms with E-state index in [-0.39, 0.29) is 17.4 Å². The van der Waals surface area contributed by atoms with Gasteiger partial charge in [-0.25, -0.2) is 8.78 Å². The van der Waals surface area contributed by atoms with E-state index < -0.39 is 11.5 Å². The molecule has 1 heterocycles. The van der Waals surface area contributed by atoms with Gasteiger partial charge in [0.15, 0.2) is 5.78 Å². The van der Waals surface area contributed by atoms with Gasteiger partial charge in [0.25, 0.3) is 0 Å². The lowest BCUT2D eigenvalue weighted by Gasteiger charge is -2.44. The van der Waals surface area contributed by atoms with Crippen molar-refractivity contribution in [2.24, 2.45) is 5.92 Å². The maximum Gasteiger partial charge on any atom is 0.170 e. The first-order valence-corrected chi connectivity index (χ1v) is 12.9. The maximum atomic E-state index is 13.8. The zero-order valence-electron chi connectivity index (χ0n) is 21.5. The number of aliphatic hydroxyl groups is 1. The van der Waals surface area contributed by atoms with Gasteiger partial charge >= 0.3 is 0 Å². The molecule has 4 aromatic carbocycles. The zero-order chi connectivity index (χ0) is 27.4. The molecule has 0 spiro atoms. The van der Waals surface area contributed by atoms with Crippen LogP contribution in [0.25, 0.3) is 0 Å². The minimum absolute atomic E-state index is 0.157. The number of ketones is 1. The fourth-order valence-corrected chi connectivity index (χ4v) is 4.91. The molecule has 39 heavy (non-hydrogen) atoms. The summed E-state index contributed by atoms with van der Waals surface area (Å²) >= 11 is 0. The van der Waals surface area contributed by atoms with E-state index in [9.17, 15) is 18.7 Å². The van der Waals surface area contributed by atoms with Gasteiger partial charge in [0.2, 0.25) is 0 Å². The lowest BCUT2D eigenvalue weighted by atomic mass is 9.72. The summed E-state index contributed by atoms with van der Waals surface area (Å²) in [6.07, 6.45) is 0.404. The SMILES string of the molecule is CCN1CC[C@@](O)(c2ccc(Oc3ccc(F)cc3)cc2)[C@H](C(=O)c2ccc(Oc3ccc(F)cc3)cc2)C1. The van der Waals surface area contributed by atoms with E-state index >= 15 is 0 Å². The summed E-state index contributed by atoms with van der Waals surface area (Å²) in [6, 6.07) is 25.2. The van der Waals surface area contributed by atoms with Gasteiger partial charge in [-0.1, -0.05) is 19.1 Å². The lowest BCUT2D eigenvalue weighted by molar-refractivity contribution is -0.0632. The molecule has 1 fully saturated rings. The topological polar surface area (TPSA) is 59.0 Å². The Morgan fingerprint density at radius 3 is 1.69 bits per heavy atom. The highest BCUT2D eigenvalue weighted by Gasteiger charge is 2.46. The molecular weight excluding hydrogens is 500 g/mol. The summed E-state index contributed by atoms with van der Waals surface area (Å²) in [7, 11) is 0. The van der Waals surface area contributed by atoms with Crippen LogP contribution in [0.5, 0.6) is 23.0 Å². The van der Waals surface area contributed by atoms with E-state index in [0.29, 0.717) is 53.6 Å². The van der Waals surface area contributed by atoms with Crippen LogP contribution in [0.4, 0.5) is 8.78 Å². The third-order valence-corrected chi connectivity index (χ3v) is 7.18. The fraction of sp³-hybridized carbons (Fsp3) is 0.219. The minimum atomic E-state index is -1.36. The molecule has 0 aromatic heterocycles. The van der Waals surface area contributed by atoms with Crippen molar-refractivity contribution in [1.29, 1.82) is 0 Å². The van der Waals surface area contributed by atoms with Gasteiger partial charge in [-0.05, 0) is 103 Å². The van der Waals surface area contributed by atoms with Crippen LogP contribution in [0.15, 0.2) is 97.1 Å². The van der Waals surface area contributed by atoms with E-state index in [0.717, 1.165) is 6.54 Å². The number of piperidine rings is 1. The van der Waals surface area contributed by atoms with Gasteiger partial charge in [-0.3, -0.25) is 4.79 Å². The molecule has 1 aliphatic rings. The van der Waals surface area contributed by atoms with Crippen LogP contribution in [0.3, 0.4) is 0 Å². The van der Waals surface area contributed by atoms with E-state index in [2.05, 4.69) is 4.90 Å². The number of ether oxygens (including phenoxy) is 2. The van der Waals surface area contributed by atoms with Crippen molar-refractivity contribution >= 4 is 5.78 Å². The number of benzene rings is 4. The molecule has 0 unspecified atom stereocenters. The zero-order valence-corrected chi connectivity index (χ0v) is 21.5.